The lowest BCUT2D eigenvalue weighted by Crippen LogP contribution is -2.60. The van der Waals surface area contributed by atoms with Crippen LogP contribution in [0.5, 0.6) is 0 Å². The lowest BCUT2D eigenvalue weighted by molar-refractivity contribution is -0.146. The van der Waals surface area contributed by atoms with Crippen molar-refractivity contribution in [3.63, 3.8) is 0 Å². The van der Waals surface area contributed by atoms with E-state index in [1.54, 1.807) is 6.92 Å². The lowest BCUT2D eigenvalue weighted by Gasteiger charge is -2.37. The van der Waals surface area contributed by atoms with Gasteiger partial charge in [0.05, 0.1) is 6.54 Å². The van der Waals surface area contributed by atoms with Crippen molar-refractivity contribution >= 4 is 11.8 Å². The Hall–Kier alpha value is -1.06. The van der Waals surface area contributed by atoms with E-state index in [2.05, 4.69) is 19.2 Å². The topological polar surface area (TPSA) is 49.4 Å². The molecule has 1 saturated carbocycles. The molecular formula is C13H22N2O2. The number of piperazine rings is 1. The van der Waals surface area contributed by atoms with Gasteiger partial charge in [-0.3, -0.25) is 9.59 Å². The molecule has 2 fully saturated rings. The minimum Gasteiger partial charge on any atom is -0.343 e. The molecule has 0 bridgehead atoms. The number of carbonyl (C=O) groups excluding carboxylic acids is 2. The van der Waals surface area contributed by atoms with E-state index in [0.29, 0.717) is 11.8 Å². The van der Waals surface area contributed by atoms with Crippen molar-refractivity contribution in [3.8, 4) is 0 Å². The largest absolute Gasteiger partial charge is 0.343 e. The Labute approximate surface area is 103 Å². The Kier molecular flexibility index (Phi) is 3.40. The highest BCUT2D eigenvalue weighted by molar-refractivity contribution is 5.94. The summed E-state index contributed by atoms with van der Waals surface area (Å²) >= 11 is 0. The van der Waals surface area contributed by atoms with Crippen molar-refractivity contribution in [2.24, 2.45) is 11.8 Å². The molecule has 1 aliphatic carbocycles. The van der Waals surface area contributed by atoms with Gasteiger partial charge in [0.25, 0.3) is 0 Å². The van der Waals surface area contributed by atoms with Gasteiger partial charge in [-0.1, -0.05) is 20.3 Å². The molecule has 1 heterocycles. The van der Waals surface area contributed by atoms with Crippen LogP contribution in [0.2, 0.25) is 0 Å². The zero-order valence-corrected chi connectivity index (χ0v) is 10.9. The Morgan fingerprint density at radius 1 is 1.29 bits per heavy atom. The molecule has 17 heavy (non-hydrogen) atoms. The third-order valence-corrected chi connectivity index (χ3v) is 4.45. The number of amides is 2. The van der Waals surface area contributed by atoms with Crippen molar-refractivity contribution < 1.29 is 9.59 Å². The van der Waals surface area contributed by atoms with E-state index in [-0.39, 0.29) is 30.4 Å². The van der Waals surface area contributed by atoms with Gasteiger partial charge in [-0.2, -0.15) is 0 Å². The normalized spacial score (nSPS) is 38.4. The van der Waals surface area contributed by atoms with Gasteiger partial charge < -0.3 is 10.2 Å². The van der Waals surface area contributed by atoms with Gasteiger partial charge in [0.15, 0.2) is 0 Å². The zero-order chi connectivity index (χ0) is 12.6. The summed E-state index contributed by atoms with van der Waals surface area (Å²) in [4.78, 5) is 25.5. The molecule has 2 aliphatic rings. The molecule has 1 saturated heterocycles. The van der Waals surface area contributed by atoms with E-state index in [9.17, 15) is 9.59 Å². The summed E-state index contributed by atoms with van der Waals surface area (Å²) in [6.45, 7) is 6.44. The maximum absolute atomic E-state index is 12.1. The average molecular weight is 238 g/mol. The van der Waals surface area contributed by atoms with Gasteiger partial charge in [0.2, 0.25) is 11.8 Å². The van der Waals surface area contributed by atoms with E-state index < -0.39 is 0 Å². The maximum Gasteiger partial charge on any atom is 0.245 e. The standard InChI is InChI=1S/C13H22N2O2/c1-4-10-5-6-11(8(10)2)15-7-12(16)14-9(3)13(15)17/h8-11H,4-7H2,1-3H3,(H,14,16). The second-order valence-corrected chi connectivity index (χ2v) is 5.43. The van der Waals surface area contributed by atoms with Gasteiger partial charge in [0, 0.05) is 6.04 Å². The van der Waals surface area contributed by atoms with Gasteiger partial charge in [-0.25, -0.2) is 0 Å². The van der Waals surface area contributed by atoms with Crippen molar-refractivity contribution in [1.29, 1.82) is 0 Å². The zero-order valence-electron chi connectivity index (χ0n) is 10.9. The third-order valence-electron chi connectivity index (χ3n) is 4.45. The van der Waals surface area contributed by atoms with Crippen LogP contribution in [-0.4, -0.2) is 35.3 Å². The number of nitrogens with one attached hydrogen (secondary N) is 1. The Balaban J connectivity index is 2.11. The minimum absolute atomic E-state index is 0.0238. The van der Waals surface area contributed by atoms with E-state index in [4.69, 9.17) is 0 Å². The minimum atomic E-state index is -0.357. The van der Waals surface area contributed by atoms with Crippen molar-refractivity contribution in [2.75, 3.05) is 6.54 Å². The first-order valence-corrected chi connectivity index (χ1v) is 6.64. The van der Waals surface area contributed by atoms with Crippen LogP contribution in [0.4, 0.5) is 0 Å². The van der Waals surface area contributed by atoms with Crippen LogP contribution in [-0.2, 0) is 9.59 Å². The molecule has 0 spiro atoms. The molecule has 4 heteroatoms. The fourth-order valence-corrected chi connectivity index (χ4v) is 3.35. The van der Waals surface area contributed by atoms with Crippen molar-refractivity contribution in [2.45, 2.75) is 52.1 Å². The van der Waals surface area contributed by atoms with Crippen LogP contribution in [0.1, 0.15) is 40.0 Å². The van der Waals surface area contributed by atoms with Crippen LogP contribution in [0.3, 0.4) is 0 Å². The second kappa shape index (κ2) is 4.67. The fourth-order valence-electron chi connectivity index (χ4n) is 3.35. The molecule has 4 atom stereocenters. The predicted molar refractivity (Wildman–Crippen MR) is 65.3 cm³/mol. The SMILES string of the molecule is CCC1CCC(N2CC(=O)NC(C)C2=O)C1C. The monoisotopic (exact) mass is 238 g/mol. The smallest absolute Gasteiger partial charge is 0.245 e. The average Bonchev–Trinajstić information content (AvgIpc) is 2.65. The highest BCUT2D eigenvalue weighted by Crippen LogP contribution is 2.37. The van der Waals surface area contributed by atoms with Crippen molar-refractivity contribution in [1.82, 2.24) is 10.2 Å². The predicted octanol–water partition coefficient (Wildman–Crippen LogP) is 1.16. The summed E-state index contributed by atoms with van der Waals surface area (Å²) in [6, 6.07) is -0.0925. The van der Waals surface area contributed by atoms with Gasteiger partial charge in [-0.15, -0.1) is 0 Å². The first-order valence-electron chi connectivity index (χ1n) is 6.64. The van der Waals surface area contributed by atoms with Crippen LogP contribution in [0.15, 0.2) is 0 Å². The molecular weight excluding hydrogens is 216 g/mol. The lowest BCUT2D eigenvalue weighted by atomic mass is 9.92. The third kappa shape index (κ3) is 2.17. The first-order chi connectivity index (χ1) is 8.04. The molecule has 2 rings (SSSR count). The molecule has 96 valence electrons. The van der Waals surface area contributed by atoms with E-state index in [1.165, 1.54) is 12.8 Å². The molecule has 4 unspecified atom stereocenters. The first kappa shape index (κ1) is 12.4. The Morgan fingerprint density at radius 2 is 2.00 bits per heavy atom. The van der Waals surface area contributed by atoms with Crippen LogP contribution in [0, 0.1) is 11.8 Å². The highest BCUT2D eigenvalue weighted by atomic mass is 16.2. The van der Waals surface area contributed by atoms with Gasteiger partial charge >= 0.3 is 0 Å². The molecule has 4 nitrogen and oxygen atoms in total. The number of carbonyl (C=O) groups is 2. The Morgan fingerprint density at radius 3 is 2.59 bits per heavy atom. The Bertz CT molecular complexity index is 329. The van der Waals surface area contributed by atoms with Gasteiger partial charge in [0.1, 0.15) is 6.04 Å². The number of hydrogen-bond acceptors (Lipinski definition) is 2. The van der Waals surface area contributed by atoms with Crippen LogP contribution in [0.25, 0.3) is 0 Å². The summed E-state index contributed by atoms with van der Waals surface area (Å²) in [7, 11) is 0. The number of hydrogen-bond donors (Lipinski definition) is 1. The van der Waals surface area contributed by atoms with Crippen LogP contribution >= 0.6 is 0 Å². The molecule has 0 aromatic carbocycles. The fraction of sp³-hybridized carbons (Fsp3) is 0.846. The van der Waals surface area contributed by atoms with Crippen molar-refractivity contribution in [3.05, 3.63) is 0 Å². The summed E-state index contributed by atoms with van der Waals surface area (Å²) in [6.07, 6.45) is 3.40. The maximum atomic E-state index is 12.1. The van der Waals surface area contributed by atoms with Crippen LogP contribution < -0.4 is 5.32 Å². The van der Waals surface area contributed by atoms with E-state index >= 15 is 0 Å². The quantitative estimate of drug-likeness (QED) is 0.784. The molecule has 0 aromatic rings. The highest BCUT2D eigenvalue weighted by Gasteiger charge is 2.41. The second-order valence-electron chi connectivity index (χ2n) is 5.43. The summed E-state index contributed by atoms with van der Waals surface area (Å²) < 4.78 is 0. The van der Waals surface area contributed by atoms with Gasteiger partial charge in [-0.05, 0) is 31.6 Å². The summed E-state index contributed by atoms with van der Waals surface area (Å²) in [5.74, 6) is 1.28. The molecule has 2 amide bonds. The summed E-state index contributed by atoms with van der Waals surface area (Å²) in [5, 5.41) is 2.69. The summed E-state index contributed by atoms with van der Waals surface area (Å²) in [5.41, 5.74) is 0. The molecule has 0 radical (unpaired) electrons. The molecule has 0 aromatic heterocycles. The number of nitrogens with zero attached hydrogens (tertiary/aromatic N) is 1. The number of rotatable bonds is 2. The van der Waals surface area contributed by atoms with E-state index in [0.717, 1.165) is 6.42 Å². The molecule has 1 N–H and O–H groups in total. The van der Waals surface area contributed by atoms with E-state index in [1.807, 2.05) is 4.90 Å². The molecule has 1 aliphatic heterocycles.